The van der Waals surface area contributed by atoms with Crippen molar-refractivity contribution in [2.45, 2.75) is 12.8 Å². The first-order chi connectivity index (χ1) is 21.8. The number of nitriles is 2. The van der Waals surface area contributed by atoms with Crippen molar-refractivity contribution < 1.29 is 36.2 Å². The molecule has 0 heterocycles. The molecule has 0 aromatic heterocycles. The van der Waals surface area contributed by atoms with E-state index in [2.05, 4.69) is 9.69 Å². The van der Waals surface area contributed by atoms with Gasteiger partial charge in [0.05, 0.1) is 15.4 Å². The van der Waals surface area contributed by atoms with Crippen LogP contribution < -0.4 is 10.4 Å². The van der Waals surface area contributed by atoms with Gasteiger partial charge in [0.2, 0.25) is 23.3 Å². The molecule has 0 bridgehead atoms. The molecule has 2 aliphatic carbocycles. The maximum atomic E-state index is 16.4. The predicted molar refractivity (Wildman–Crippen MR) is 145 cm³/mol. The van der Waals surface area contributed by atoms with Crippen LogP contribution in [-0.4, -0.2) is 9.85 Å². The molecule has 46 heavy (non-hydrogen) atoms. The molecule has 0 fully saturated rings. The zero-order valence-electron chi connectivity index (χ0n) is 22.3. The van der Waals surface area contributed by atoms with Crippen LogP contribution in [0.15, 0.2) is 46.8 Å². The number of hydrogen-bond acceptors (Lipinski definition) is 6. The second kappa shape index (κ2) is 11.1. The van der Waals surface area contributed by atoms with Crippen LogP contribution in [0.5, 0.6) is 0 Å². The normalized spacial score (nSPS) is 12.9. The van der Waals surface area contributed by atoms with Crippen molar-refractivity contribution in [3.63, 3.8) is 0 Å². The zero-order chi connectivity index (χ0) is 33.8. The fourth-order valence-corrected chi connectivity index (χ4v) is 5.60. The van der Waals surface area contributed by atoms with Crippen molar-refractivity contribution in [1.82, 2.24) is 0 Å². The summed E-state index contributed by atoms with van der Waals surface area (Å²) in [6.45, 7) is 14.6. The molecule has 10 nitrogen and oxygen atoms in total. The number of nitro groups is 2. The van der Waals surface area contributed by atoms with Gasteiger partial charge in [-0.05, 0) is 57.6 Å². The van der Waals surface area contributed by atoms with Gasteiger partial charge in [0.25, 0.3) is 0 Å². The number of benzene rings is 3. The molecule has 0 saturated carbocycles. The molecule has 16 heteroatoms. The molecule has 0 saturated heterocycles. The largest absolute Gasteiger partial charge is 0.525 e. The Bertz CT molecular complexity index is 2140. The minimum atomic E-state index is -1.73. The minimum absolute atomic E-state index is 0.385. The first kappa shape index (κ1) is 30.7. The summed E-state index contributed by atoms with van der Waals surface area (Å²) in [5.41, 5.74) is -8.16. The highest BCUT2D eigenvalue weighted by molar-refractivity contribution is 5.90. The Labute approximate surface area is 251 Å². The first-order valence-corrected chi connectivity index (χ1v) is 12.4. The second-order valence-electron chi connectivity index (χ2n) is 9.63. The van der Waals surface area contributed by atoms with Gasteiger partial charge in [-0.2, -0.15) is 37.8 Å². The van der Waals surface area contributed by atoms with Gasteiger partial charge in [-0.25, -0.2) is 8.78 Å². The fourth-order valence-electron chi connectivity index (χ4n) is 5.60. The molecule has 3 aromatic rings. The van der Waals surface area contributed by atoms with Gasteiger partial charge in [0.1, 0.15) is 42.5 Å². The highest BCUT2D eigenvalue weighted by Crippen LogP contribution is 2.41. The van der Waals surface area contributed by atoms with E-state index in [9.17, 15) is 48.3 Å². The number of halogens is 6. The van der Waals surface area contributed by atoms with Gasteiger partial charge in [-0.15, -0.1) is 0 Å². The van der Waals surface area contributed by atoms with Crippen molar-refractivity contribution >= 4 is 23.0 Å². The van der Waals surface area contributed by atoms with Crippen LogP contribution in [0, 0.1) is 79.3 Å². The molecular weight excluding hydrogens is 622 g/mol. The van der Waals surface area contributed by atoms with Crippen LogP contribution in [0.3, 0.4) is 0 Å². The zero-order valence-corrected chi connectivity index (χ0v) is 22.3. The van der Waals surface area contributed by atoms with E-state index in [-0.39, 0.29) is 11.1 Å². The molecule has 224 valence electrons. The lowest BCUT2D eigenvalue weighted by molar-refractivity contribution is -0.390. The van der Waals surface area contributed by atoms with E-state index in [4.69, 9.17) is 13.1 Å². The standard InChI is InChI=1S/C30H8F6N6O4/c1-39-30(40-2)17-8-16-23(12-5-20(33)29(42(45)46)21(34)6-12)24-15(7-14(26(24)35)13(9-37)10-38)22(25(16)27(17)36)11-3-18(31)28(41(43)44)19(32)4-11/h3-6H,7-8H2. The molecule has 0 radical (unpaired) electrons. The molecule has 0 spiro atoms. The second-order valence-corrected chi connectivity index (χ2v) is 9.63. The summed E-state index contributed by atoms with van der Waals surface area (Å²) >= 11 is 0. The monoisotopic (exact) mass is 630 g/mol. The minimum Gasteiger partial charge on any atom is -0.258 e. The van der Waals surface area contributed by atoms with Crippen molar-refractivity contribution in [2.24, 2.45) is 0 Å². The third-order valence-corrected chi connectivity index (χ3v) is 7.37. The molecule has 0 N–H and O–H groups in total. The highest BCUT2D eigenvalue weighted by Gasteiger charge is 2.38. The van der Waals surface area contributed by atoms with Gasteiger partial charge in [-0.1, -0.05) is 0 Å². The quantitative estimate of drug-likeness (QED) is 0.113. The Morgan fingerprint density at radius 2 is 1.04 bits per heavy atom. The van der Waals surface area contributed by atoms with Crippen LogP contribution in [0.25, 0.3) is 43.6 Å². The van der Waals surface area contributed by atoms with Gasteiger partial charge in [0, 0.05) is 28.9 Å². The summed E-state index contributed by atoms with van der Waals surface area (Å²) in [5, 5.41) is 40.1. The molecule has 5 rings (SSSR count). The summed E-state index contributed by atoms with van der Waals surface area (Å²) in [4.78, 5) is 25.6. The summed E-state index contributed by atoms with van der Waals surface area (Å²) in [7, 11) is 0. The van der Waals surface area contributed by atoms with E-state index >= 15 is 8.78 Å². The topological polar surface area (TPSA) is 143 Å². The van der Waals surface area contributed by atoms with Crippen LogP contribution >= 0.6 is 0 Å². The Morgan fingerprint density at radius 3 is 1.37 bits per heavy atom. The third-order valence-electron chi connectivity index (χ3n) is 7.37. The van der Waals surface area contributed by atoms with Crippen LogP contribution in [-0.2, 0) is 12.8 Å². The molecule has 3 aromatic carbocycles. The molecule has 0 amide bonds. The molecule has 2 aliphatic rings. The van der Waals surface area contributed by atoms with Crippen LogP contribution in [0.4, 0.5) is 37.7 Å². The average molecular weight is 630 g/mol. The number of nitrogens with zero attached hydrogens (tertiary/aromatic N) is 6. The molecule has 0 unspecified atom stereocenters. The maximum absolute atomic E-state index is 16.4. The predicted octanol–water partition coefficient (Wildman–Crippen LogP) is 6.05. The Balaban J connectivity index is 2.11. The average Bonchev–Trinajstić information content (AvgIpc) is 3.49. The van der Waals surface area contributed by atoms with Crippen molar-refractivity contribution in [3.05, 3.63) is 135 Å². The SMILES string of the molecule is [C-]#[N+]C([N+]#[C-])=C1Cc2c(-c3cc(F)c([N+](=O)[O-])c(F)c3)c3c(c(-c4cc(F)c([N+](=O)[O-])c(F)c4)c2=C1F)CC(=C(C#N)C#N)C=3F. The van der Waals surface area contributed by atoms with Crippen LogP contribution in [0.1, 0.15) is 11.1 Å². The van der Waals surface area contributed by atoms with Crippen molar-refractivity contribution in [1.29, 1.82) is 10.5 Å². The van der Waals surface area contributed by atoms with E-state index in [0.29, 0.717) is 24.3 Å². The lowest BCUT2D eigenvalue weighted by atomic mass is 9.87. The fraction of sp³-hybridized carbons (Fsp3) is 0.0667. The summed E-state index contributed by atoms with van der Waals surface area (Å²) in [5.74, 6) is -10.4. The summed E-state index contributed by atoms with van der Waals surface area (Å²) in [6.07, 6.45) is -1.47. The number of hydrogen-bond donors (Lipinski definition) is 0. The van der Waals surface area contributed by atoms with Gasteiger partial charge >= 0.3 is 17.2 Å². The molecule has 0 atom stereocenters. The summed E-state index contributed by atoms with van der Waals surface area (Å²) < 4.78 is 92.3. The van der Waals surface area contributed by atoms with Gasteiger partial charge < -0.3 is 0 Å². The van der Waals surface area contributed by atoms with E-state index in [1.807, 2.05) is 0 Å². The third kappa shape index (κ3) is 4.41. The number of rotatable bonds is 4. The lowest BCUT2D eigenvalue weighted by Gasteiger charge is -2.16. The van der Waals surface area contributed by atoms with Gasteiger partial charge in [0.15, 0.2) is 0 Å². The summed E-state index contributed by atoms with van der Waals surface area (Å²) in [6, 6.07) is 4.71. The van der Waals surface area contributed by atoms with E-state index in [0.717, 1.165) is 0 Å². The number of fused-ring (bicyclic) bond motifs is 2. The van der Waals surface area contributed by atoms with E-state index in [1.165, 1.54) is 12.1 Å². The maximum Gasteiger partial charge on any atom is 0.525 e. The Hall–Kier alpha value is -6.78. The molecule has 0 aliphatic heterocycles. The smallest absolute Gasteiger partial charge is 0.258 e. The van der Waals surface area contributed by atoms with Crippen molar-refractivity contribution in [2.75, 3.05) is 0 Å². The Kier molecular flexibility index (Phi) is 7.37. The number of nitro benzene ring substituents is 2. The highest BCUT2D eigenvalue weighted by atomic mass is 19.2. The number of allylic oxidation sites excluding steroid dienone is 3. The lowest BCUT2D eigenvalue weighted by Crippen LogP contribution is -2.24. The van der Waals surface area contributed by atoms with Crippen LogP contribution in [0.2, 0.25) is 0 Å². The van der Waals surface area contributed by atoms with Crippen molar-refractivity contribution in [3.8, 4) is 34.4 Å². The Morgan fingerprint density at radius 1 is 0.696 bits per heavy atom. The van der Waals surface area contributed by atoms with E-state index < -0.39 is 124 Å². The van der Waals surface area contributed by atoms with E-state index in [1.54, 1.807) is 0 Å². The molecular formula is C30H8F6N6O4. The van der Waals surface area contributed by atoms with Gasteiger partial charge in [-0.3, -0.25) is 20.2 Å². The first-order valence-electron chi connectivity index (χ1n) is 12.4.